The van der Waals surface area contributed by atoms with Gasteiger partial charge >= 0.3 is 0 Å². The van der Waals surface area contributed by atoms with Crippen LogP contribution in [0.5, 0.6) is 0 Å². The summed E-state index contributed by atoms with van der Waals surface area (Å²) in [6.07, 6.45) is 5.18. The highest BCUT2D eigenvalue weighted by Gasteiger charge is 2.15. The lowest BCUT2D eigenvalue weighted by molar-refractivity contribution is -0.383. The fraction of sp³-hybridized carbons (Fsp3) is 0.357. The van der Waals surface area contributed by atoms with Crippen LogP contribution in [0.2, 0.25) is 0 Å². The molecule has 0 bridgehead atoms. The van der Waals surface area contributed by atoms with Crippen LogP contribution in [-0.4, -0.2) is 22.5 Å². The summed E-state index contributed by atoms with van der Waals surface area (Å²) in [4.78, 5) is 14.7. The largest absolute Gasteiger partial charge is 0.380 e. The number of fused-ring (bicyclic) bond motifs is 1. The van der Waals surface area contributed by atoms with Gasteiger partial charge in [-0.05, 0) is 18.6 Å². The van der Waals surface area contributed by atoms with Crippen LogP contribution in [-0.2, 0) is 0 Å². The molecule has 20 heavy (non-hydrogen) atoms. The Balaban J connectivity index is 2.45. The Morgan fingerprint density at radius 2 is 2.20 bits per heavy atom. The first-order valence-corrected chi connectivity index (χ1v) is 6.65. The van der Waals surface area contributed by atoms with Crippen molar-refractivity contribution in [1.29, 1.82) is 0 Å². The van der Waals surface area contributed by atoms with Gasteiger partial charge in [0.2, 0.25) is 0 Å². The predicted octanol–water partition coefficient (Wildman–Crippen LogP) is 2.68. The van der Waals surface area contributed by atoms with Gasteiger partial charge in [-0.15, -0.1) is 0 Å². The van der Waals surface area contributed by atoms with Crippen molar-refractivity contribution < 1.29 is 4.92 Å². The third-order valence-corrected chi connectivity index (χ3v) is 3.27. The number of rotatable bonds is 6. The highest BCUT2D eigenvalue weighted by atomic mass is 16.6. The molecule has 1 aromatic heterocycles. The summed E-state index contributed by atoms with van der Waals surface area (Å²) in [5, 5.41) is 15.7. The van der Waals surface area contributed by atoms with E-state index in [0.29, 0.717) is 11.9 Å². The lowest BCUT2D eigenvalue weighted by atomic mass is 10.1. The number of nitro benzene ring substituents is 1. The molecule has 0 saturated heterocycles. The zero-order valence-corrected chi connectivity index (χ0v) is 11.4. The van der Waals surface area contributed by atoms with E-state index in [2.05, 4.69) is 17.2 Å². The van der Waals surface area contributed by atoms with Crippen LogP contribution >= 0.6 is 0 Å². The number of anilines is 1. The van der Waals surface area contributed by atoms with E-state index in [1.54, 1.807) is 24.5 Å². The Bertz CT molecular complexity index is 615. The number of nitrogens with one attached hydrogen (secondary N) is 1. The first-order valence-electron chi connectivity index (χ1n) is 6.65. The summed E-state index contributed by atoms with van der Waals surface area (Å²) >= 11 is 0. The lowest BCUT2D eigenvalue weighted by Crippen LogP contribution is -2.28. The molecule has 106 valence electrons. The number of nitrogens with two attached hydrogens (primary N) is 1. The van der Waals surface area contributed by atoms with E-state index in [9.17, 15) is 10.1 Å². The molecule has 2 aromatic rings. The fourth-order valence-corrected chi connectivity index (χ4v) is 2.28. The second kappa shape index (κ2) is 6.29. The molecular formula is C14H18N4O2. The Morgan fingerprint density at radius 1 is 1.40 bits per heavy atom. The number of non-ortho nitro benzene ring substituents is 1. The van der Waals surface area contributed by atoms with Crippen LogP contribution in [0, 0.1) is 10.1 Å². The fourth-order valence-electron chi connectivity index (χ4n) is 2.28. The van der Waals surface area contributed by atoms with E-state index in [-0.39, 0.29) is 16.7 Å². The van der Waals surface area contributed by atoms with Crippen molar-refractivity contribution in [3.05, 3.63) is 40.7 Å². The minimum absolute atomic E-state index is 0.0905. The zero-order valence-electron chi connectivity index (χ0n) is 11.4. The number of aromatic nitrogens is 1. The number of nitrogens with zero attached hydrogens (tertiary/aromatic N) is 2. The van der Waals surface area contributed by atoms with E-state index in [1.165, 1.54) is 6.07 Å². The molecule has 0 radical (unpaired) electrons. The monoisotopic (exact) mass is 274 g/mol. The van der Waals surface area contributed by atoms with Gasteiger partial charge in [-0.3, -0.25) is 15.1 Å². The van der Waals surface area contributed by atoms with Crippen LogP contribution in [0.15, 0.2) is 30.6 Å². The van der Waals surface area contributed by atoms with Crippen LogP contribution in [0.25, 0.3) is 10.8 Å². The number of hydrogen-bond acceptors (Lipinski definition) is 5. The second-order valence-corrected chi connectivity index (χ2v) is 4.68. The normalized spacial score (nSPS) is 12.3. The molecule has 3 N–H and O–H groups in total. The molecule has 1 heterocycles. The molecule has 6 heteroatoms. The molecule has 0 aliphatic carbocycles. The highest BCUT2D eigenvalue weighted by Crippen LogP contribution is 2.31. The van der Waals surface area contributed by atoms with Crippen molar-refractivity contribution in [3.63, 3.8) is 0 Å². The predicted molar refractivity (Wildman–Crippen MR) is 79.8 cm³/mol. The topological polar surface area (TPSA) is 94.1 Å². The third-order valence-electron chi connectivity index (χ3n) is 3.27. The standard InChI is InChI=1S/C14H18N4O2/c1-2-3-10(8-15)17-13-4-5-14(18(19)20)11-6-7-16-9-12(11)13/h4-7,9-10,17H,2-3,8,15H2,1H3. The molecule has 0 aliphatic heterocycles. The van der Waals surface area contributed by atoms with Crippen LogP contribution < -0.4 is 11.1 Å². The van der Waals surface area contributed by atoms with Crippen molar-refractivity contribution in [3.8, 4) is 0 Å². The van der Waals surface area contributed by atoms with Gasteiger partial charge in [0.1, 0.15) is 0 Å². The molecule has 0 aliphatic rings. The smallest absolute Gasteiger partial charge is 0.277 e. The van der Waals surface area contributed by atoms with Crippen LogP contribution in [0.1, 0.15) is 19.8 Å². The van der Waals surface area contributed by atoms with Crippen molar-refractivity contribution in [2.24, 2.45) is 5.73 Å². The van der Waals surface area contributed by atoms with Gasteiger partial charge in [0.05, 0.1) is 10.3 Å². The summed E-state index contributed by atoms with van der Waals surface area (Å²) < 4.78 is 0. The Labute approximate surface area is 117 Å². The third kappa shape index (κ3) is 2.85. The summed E-state index contributed by atoms with van der Waals surface area (Å²) in [5.74, 6) is 0. The summed E-state index contributed by atoms with van der Waals surface area (Å²) in [6, 6.07) is 5.06. The van der Waals surface area contributed by atoms with Crippen molar-refractivity contribution in [1.82, 2.24) is 4.98 Å². The van der Waals surface area contributed by atoms with Crippen LogP contribution in [0.4, 0.5) is 11.4 Å². The number of pyridine rings is 1. The Kier molecular flexibility index (Phi) is 4.47. The maximum atomic E-state index is 11.1. The number of benzene rings is 1. The molecule has 0 fully saturated rings. The molecule has 1 atom stereocenters. The van der Waals surface area contributed by atoms with Gasteiger partial charge in [-0.25, -0.2) is 0 Å². The van der Waals surface area contributed by atoms with E-state index >= 15 is 0 Å². The SMILES string of the molecule is CCCC(CN)Nc1ccc([N+](=O)[O-])c2ccncc12. The molecule has 0 spiro atoms. The molecule has 1 unspecified atom stereocenters. The zero-order chi connectivity index (χ0) is 14.5. The minimum Gasteiger partial charge on any atom is -0.380 e. The number of nitro groups is 1. The van der Waals surface area contributed by atoms with E-state index in [1.807, 2.05) is 0 Å². The minimum atomic E-state index is -0.376. The molecule has 0 saturated carbocycles. The van der Waals surface area contributed by atoms with Crippen molar-refractivity contribution in [2.75, 3.05) is 11.9 Å². The lowest BCUT2D eigenvalue weighted by Gasteiger charge is -2.18. The quantitative estimate of drug-likeness (QED) is 0.624. The Morgan fingerprint density at radius 3 is 2.85 bits per heavy atom. The maximum absolute atomic E-state index is 11.1. The van der Waals surface area contributed by atoms with E-state index in [0.717, 1.165) is 23.9 Å². The molecule has 6 nitrogen and oxygen atoms in total. The Hall–Kier alpha value is -2.21. The van der Waals surface area contributed by atoms with Gasteiger partial charge in [-0.2, -0.15) is 0 Å². The first-order chi connectivity index (χ1) is 9.67. The average Bonchev–Trinajstić information content (AvgIpc) is 2.46. The summed E-state index contributed by atoms with van der Waals surface area (Å²) in [6.45, 7) is 2.62. The van der Waals surface area contributed by atoms with Gasteiger partial charge in [-0.1, -0.05) is 13.3 Å². The van der Waals surface area contributed by atoms with Gasteiger partial charge < -0.3 is 11.1 Å². The number of hydrogen-bond donors (Lipinski definition) is 2. The van der Waals surface area contributed by atoms with Crippen LogP contribution in [0.3, 0.4) is 0 Å². The summed E-state index contributed by atoms with van der Waals surface area (Å²) in [7, 11) is 0. The highest BCUT2D eigenvalue weighted by molar-refractivity contribution is 5.99. The molecular weight excluding hydrogens is 256 g/mol. The molecule has 1 aromatic carbocycles. The van der Waals surface area contributed by atoms with Gasteiger partial charge in [0.15, 0.2) is 0 Å². The molecule has 2 rings (SSSR count). The molecule has 0 amide bonds. The van der Waals surface area contributed by atoms with Gasteiger partial charge in [0.25, 0.3) is 5.69 Å². The maximum Gasteiger partial charge on any atom is 0.277 e. The summed E-state index contributed by atoms with van der Waals surface area (Å²) in [5.41, 5.74) is 6.67. The van der Waals surface area contributed by atoms with Gasteiger partial charge in [0, 0.05) is 42.1 Å². The van der Waals surface area contributed by atoms with Crippen molar-refractivity contribution in [2.45, 2.75) is 25.8 Å². The van der Waals surface area contributed by atoms with E-state index in [4.69, 9.17) is 5.73 Å². The van der Waals surface area contributed by atoms with E-state index < -0.39 is 0 Å². The average molecular weight is 274 g/mol. The second-order valence-electron chi connectivity index (χ2n) is 4.68. The first kappa shape index (κ1) is 14.2. The van der Waals surface area contributed by atoms with Crippen molar-refractivity contribution >= 4 is 22.1 Å².